The van der Waals surface area contributed by atoms with Crippen LogP contribution in [0.4, 0.5) is 0 Å². The highest BCUT2D eigenvalue weighted by atomic mass is 16.6. The average molecular weight is 708 g/mol. The van der Waals surface area contributed by atoms with Crippen molar-refractivity contribution in [3.05, 3.63) is 46.6 Å². The molecule has 0 spiro atoms. The van der Waals surface area contributed by atoms with E-state index in [9.17, 15) is 24.3 Å². The largest absolute Gasteiger partial charge is 0.482 e. The van der Waals surface area contributed by atoms with Crippen LogP contribution in [0, 0.1) is 40.4 Å². The standard InChI is InChI=1S/C40H53NO10/c1-22(2)34(43)47-21-39(6)28-19-30(50-36(45)24-12-9-8-10-13-24)40(7)33(38(28,5)16-15-29(39)49-35(44)23(3)4)32(42)31-27(51-40)18-26(48-37(31)46)25-14-11-17-41-20-25/h11,14,17-18,20,22-24,28-30,32-33,42H,8-10,12-13,15-16,19,21H2,1-7H3/t28?,29-,30-,32-,33?,38-,39?,40+/m0/s1. The summed E-state index contributed by atoms with van der Waals surface area (Å²) in [6.07, 6.45) is 6.04. The maximum Gasteiger partial charge on any atom is 0.345 e. The van der Waals surface area contributed by atoms with Gasteiger partial charge in [-0.3, -0.25) is 19.4 Å². The molecule has 1 N–H and O–H groups in total. The highest BCUT2D eigenvalue weighted by molar-refractivity contribution is 5.73. The van der Waals surface area contributed by atoms with Gasteiger partial charge in [0.2, 0.25) is 0 Å². The minimum Gasteiger partial charge on any atom is -0.482 e. The first-order valence-corrected chi connectivity index (χ1v) is 18.6. The number of pyridine rings is 1. The van der Waals surface area contributed by atoms with Gasteiger partial charge in [-0.15, -0.1) is 0 Å². The predicted octanol–water partition coefficient (Wildman–Crippen LogP) is 6.59. The highest BCUT2D eigenvalue weighted by Gasteiger charge is 2.71. The molecule has 11 heteroatoms. The molecule has 278 valence electrons. The molecule has 3 fully saturated rings. The molecule has 51 heavy (non-hydrogen) atoms. The molecule has 0 saturated heterocycles. The van der Waals surface area contributed by atoms with Gasteiger partial charge in [-0.25, -0.2) is 4.79 Å². The molecule has 0 bridgehead atoms. The zero-order valence-corrected chi connectivity index (χ0v) is 30.9. The van der Waals surface area contributed by atoms with Crippen LogP contribution in [0.15, 0.2) is 39.8 Å². The SMILES string of the molecule is CC(C)C(=O)OCC1(C)C2C[C@H](OC(=O)C3CCCCC3)[C@@]3(C)Oc4cc(-c5cccnc5)oc(=O)c4[C@H](O)C3[C@@]2(C)CC[C@@H]1OC(=O)C(C)C. The summed E-state index contributed by atoms with van der Waals surface area (Å²) < 4.78 is 31.3. The minimum atomic E-state index is -1.35. The Bertz CT molecular complexity index is 1680. The monoisotopic (exact) mass is 707 g/mol. The molecule has 6 rings (SSSR count). The third-order valence-electron chi connectivity index (χ3n) is 12.5. The predicted molar refractivity (Wildman–Crippen MR) is 186 cm³/mol. The molecule has 1 aliphatic heterocycles. The van der Waals surface area contributed by atoms with Crippen LogP contribution in [0.2, 0.25) is 0 Å². The summed E-state index contributed by atoms with van der Waals surface area (Å²) in [4.78, 5) is 57.8. The lowest BCUT2D eigenvalue weighted by Gasteiger charge is -2.66. The van der Waals surface area contributed by atoms with Gasteiger partial charge in [0, 0.05) is 35.4 Å². The van der Waals surface area contributed by atoms with Crippen molar-refractivity contribution in [2.45, 2.75) is 124 Å². The first-order chi connectivity index (χ1) is 24.1. The number of rotatable bonds is 8. The van der Waals surface area contributed by atoms with E-state index in [1.54, 1.807) is 58.3 Å². The lowest BCUT2D eigenvalue weighted by Crippen LogP contribution is -2.71. The van der Waals surface area contributed by atoms with Crippen LogP contribution in [-0.2, 0) is 28.6 Å². The number of ether oxygens (including phenoxy) is 4. The third kappa shape index (κ3) is 6.59. The van der Waals surface area contributed by atoms with Gasteiger partial charge in [0.05, 0.1) is 23.9 Å². The van der Waals surface area contributed by atoms with Crippen molar-refractivity contribution in [2.24, 2.45) is 40.4 Å². The normalized spacial score (nSPS) is 33.3. The number of carbonyl (C=O) groups is 3. The molecule has 3 aliphatic carbocycles. The van der Waals surface area contributed by atoms with E-state index in [2.05, 4.69) is 11.9 Å². The Hall–Kier alpha value is -3.73. The number of aromatic nitrogens is 1. The van der Waals surface area contributed by atoms with Gasteiger partial charge in [-0.2, -0.15) is 0 Å². The molecule has 0 amide bonds. The Morgan fingerprint density at radius 2 is 1.69 bits per heavy atom. The summed E-state index contributed by atoms with van der Waals surface area (Å²) in [6.45, 7) is 12.9. The molecule has 3 heterocycles. The summed E-state index contributed by atoms with van der Waals surface area (Å²) in [6, 6.07) is 5.10. The van der Waals surface area contributed by atoms with E-state index in [1.807, 2.05) is 13.8 Å². The molecular formula is C40H53NO10. The summed E-state index contributed by atoms with van der Waals surface area (Å²) in [5, 5.41) is 12.5. The topological polar surface area (TPSA) is 151 Å². The van der Waals surface area contributed by atoms with E-state index in [1.165, 1.54) is 0 Å². The number of aliphatic hydroxyl groups excluding tert-OH is 1. The van der Waals surface area contributed by atoms with E-state index in [-0.39, 0.29) is 59.3 Å². The molecule has 0 radical (unpaired) electrons. The fourth-order valence-electron chi connectivity index (χ4n) is 9.62. The zero-order chi connectivity index (χ0) is 36.9. The van der Waals surface area contributed by atoms with Crippen LogP contribution >= 0.6 is 0 Å². The van der Waals surface area contributed by atoms with Crippen molar-refractivity contribution in [2.75, 3.05) is 6.61 Å². The van der Waals surface area contributed by atoms with Crippen molar-refractivity contribution < 1.29 is 42.9 Å². The second kappa shape index (κ2) is 14.0. The molecule has 3 saturated carbocycles. The van der Waals surface area contributed by atoms with Crippen LogP contribution < -0.4 is 10.4 Å². The van der Waals surface area contributed by atoms with Gasteiger partial charge < -0.3 is 28.5 Å². The lowest BCUT2D eigenvalue weighted by molar-refractivity contribution is -0.272. The van der Waals surface area contributed by atoms with Gasteiger partial charge in [-0.05, 0) is 62.5 Å². The fraction of sp³-hybridized carbons (Fsp3) is 0.675. The molecular weight excluding hydrogens is 654 g/mol. The maximum atomic E-state index is 13.9. The molecule has 2 aromatic rings. The van der Waals surface area contributed by atoms with E-state index in [0.29, 0.717) is 24.8 Å². The molecule has 3 unspecified atom stereocenters. The van der Waals surface area contributed by atoms with Crippen LogP contribution in [-0.4, -0.2) is 52.4 Å². The number of hydrogen-bond acceptors (Lipinski definition) is 11. The number of fused-ring (bicyclic) bond motifs is 4. The lowest BCUT2D eigenvalue weighted by atomic mass is 9.42. The first-order valence-electron chi connectivity index (χ1n) is 18.6. The Morgan fingerprint density at radius 3 is 2.33 bits per heavy atom. The second-order valence-electron chi connectivity index (χ2n) is 16.6. The molecule has 11 nitrogen and oxygen atoms in total. The Kier molecular flexibility index (Phi) is 10.2. The van der Waals surface area contributed by atoms with Gasteiger partial charge in [0.1, 0.15) is 41.5 Å². The summed E-state index contributed by atoms with van der Waals surface area (Å²) >= 11 is 0. The van der Waals surface area contributed by atoms with Gasteiger partial charge in [-0.1, -0.05) is 60.8 Å². The number of carbonyl (C=O) groups excluding carboxylic acids is 3. The number of esters is 3. The highest BCUT2D eigenvalue weighted by Crippen LogP contribution is 2.67. The van der Waals surface area contributed by atoms with Crippen LogP contribution in [0.3, 0.4) is 0 Å². The van der Waals surface area contributed by atoms with Crippen molar-refractivity contribution in [3.8, 4) is 17.1 Å². The van der Waals surface area contributed by atoms with Crippen LogP contribution in [0.25, 0.3) is 11.3 Å². The zero-order valence-electron chi connectivity index (χ0n) is 30.9. The van der Waals surface area contributed by atoms with Crippen LogP contribution in [0.1, 0.15) is 112 Å². The van der Waals surface area contributed by atoms with E-state index < -0.39 is 52.2 Å². The van der Waals surface area contributed by atoms with Gasteiger partial charge in [0.25, 0.3) is 0 Å². The average Bonchev–Trinajstić information content (AvgIpc) is 3.09. The molecule has 4 aliphatic rings. The van der Waals surface area contributed by atoms with Crippen molar-refractivity contribution in [1.82, 2.24) is 4.98 Å². The van der Waals surface area contributed by atoms with E-state index >= 15 is 0 Å². The smallest absolute Gasteiger partial charge is 0.345 e. The summed E-state index contributed by atoms with van der Waals surface area (Å²) in [5.74, 6) is -2.78. The Morgan fingerprint density at radius 1 is 0.980 bits per heavy atom. The van der Waals surface area contributed by atoms with Crippen molar-refractivity contribution in [1.29, 1.82) is 0 Å². The summed E-state index contributed by atoms with van der Waals surface area (Å²) in [7, 11) is 0. The maximum absolute atomic E-state index is 13.9. The number of nitrogens with zero attached hydrogens (tertiary/aromatic N) is 1. The van der Waals surface area contributed by atoms with Crippen molar-refractivity contribution >= 4 is 17.9 Å². The first kappa shape index (κ1) is 37.0. The minimum absolute atomic E-state index is 0.00523. The van der Waals surface area contributed by atoms with Gasteiger partial charge in [0.15, 0.2) is 0 Å². The van der Waals surface area contributed by atoms with E-state index in [0.717, 1.165) is 32.1 Å². The fourth-order valence-corrected chi connectivity index (χ4v) is 9.62. The number of aliphatic hydroxyl groups is 1. The summed E-state index contributed by atoms with van der Waals surface area (Å²) in [5.41, 5.74) is -3.11. The van der Waals surface area contributed by atoms with Gasteiger partial charge >= 0.3 is 23.5 Å². The second-order valence-corrected chi connectivity index (χ2v) is 16.6. The van der Waals surface area contributed by atoms with Crippen molar-refractivity contribution in [3.63, 3.8) is 0 Å². The Labute approximate surface area is 299 Å². The van der Waals surface area contributed by atoms with Crippen LogP contribution in [0.5, 0.6) is 5.75 Å². The quantitative estimate of drug-likeness (QED) is 0.234. The molecule has 2 aromatic heterocycles. The molecule has 8 atom stereocenters. The molecule has 0 aromatic carbocycles. The Balaban J connectivity index is 1.47. The van der Waals surface area contributed by atoms with E-state index in [4.69, 9.17) is 23.4 Å². The number of hydrogen-bond donors (Lipinski definition) is 1. The third-order valence-corrected chi connectivity index (χ3v) is 12.5.